The second-order valence-corrected chi connectivity index (χ2v) is 5.09. The Labute approximate surface area is 113 Å². The van der Waals surface area contributed by atoms with E-state index in [1.165, 1.54) is 0 Å². The van der Waals surface area contributed by atoms with Gasteiger partial charge < -0.3 is 16.8 Å². The largest absolute Gasteiger partial charge is 0.368 e. The Morgan fingerprint density at radius 3 is 2.37 bits per heavy atom. The second kappa shape index (κ2) is 6.33. The van der Waals surface area contributed by atoms with E-state index in [0.29, 0.717) is 6.42 Å². The van der Waals surface area contributed by atoms with Crippen LogP contribution in [-0.2, 0) is 9.59 Å². The lowest BCUT2D eigenvalue weighted by atomic mass is 10.0. The van der Waals surface area contributed by atoms with Gasteiger partial charge in [-0.15, -0.1) is 0 Å². The van der Waals surface area contributed by atoms with Crippen LogP contribution in [0.1, 0.15) is 38.3 Å². The van der Waals surface area contributed by atoms with Crippen LogP contribution in [0.3, 0.4) is 0 Å². The first-order valence-electron chi connectivity index (χ1n) is 6.24. The summed E-state index contributed by atoms with van der Waals surface area (Å²) in [5.74, 6) is -0.789. The summed E-state index contributed by atoms with van der Waals surface area (Å²) in [7, 11) is 0. The van der Waals surface area contributed by atoms with Gasteiger partial charge in [0.1, 0.15) is 5.54 Å². The van der Waals surface area contributed by atoms with E-state index in [1.807, 2.05) is 30.3 Å². The van der Waals surface area contributed by atoms with Gasteiger partial charge >= 0.3 is 0 Å². The van der Waals surface area contributed by atoms with E-state index in [4.69, 9.17) is 11.5 Å². The van der Waals surface area contributed by atoms with Crippen molar-refractivity contribution in [2.24, 2.45) is 11.5 Å². The molecular weight excluding hydrogens is 242 g/mol. The summed E-state index contributed by atoms with van der Waals surface area (Å²) in [6, 6.07) is 9.39. The maximum Gasteiger partial charge on any atom is 0.242 e. The highest BCUT2D eigenvalue weighted by Crippen LogP contribution is 2.15. The van der Waals surface area contributed by atoms with Gasteiger partial charge in [-0.25, -0.2) is 0 Å². The number of benzene rings is 1. The van der Waals surface area contributed by atoms with Crippen LogP contribution in [-0.4, -0.2) is 17.4 Å². The monoisotopic (exact) mass is 263 g/mol. The SMILES string of the molecule is CC(C)(NC(=O)CCC(N)c1ccccc1)C(N)=O. The third kappa shape index (κ3) is 4.71. The van der Waals surface area contributed by atoms with E-state index in [9.17, 15) is 9.59 Å². The first kappa shape index (κ1) is 15.2. The van der Waals surface area contributed by atoms with Gasteiger partial charge in [0.15, 0.2) is 0 Å². The molecule has 104 valence electrons. The van der Waals surface area contributed by atoms with Gasteiger partial charge in [0.05, 0.1) is 0 Å². The molecule has 0 heterocycles. The third-order valence-corrected chi connectivity index (χ3v) is 2.98. The zero-order chi connectivity index (χ0) is 14.5. The Morgan fingerprint density at radius 1 is 1.26 bits per heavy atom. The predicted octanol–water partition coefficient (Wildman–Crippen LogP) is 0.847. The fraction of sp³-hybridized carbons (Fsp3) is 0.429. The molecule has 0 aliphatic rings. The molecule has 5 heteroatoms. The maximum atomic E-state index is 11.7. The van der Waals surface area contributed by atoms with Crippen molar-refractivity contribution in [3.05, 3.63) is 35.9 Å². The predicted molar refractivity (Wildman–Crippen MR) is 74.0 cm³/mol. The number of hydrogen-bond donors (Lipinski definition) is 3. The Hall–Kier alpha value is -1.88. The summed E-state index contributed by atoms with van der Waals surface area (Å²) in [6.07, 6.45) is 0.775. The minimum absolute atomic E-state index is 0.191. The van der Waals surface area contributed by atoms with Crippen molar-refractivity contribution >= 4 is 11.8 Å². The standard InChI is InChI=1S/C14H21N3O2/c1-14(2,13(16)19)17-12(18)9-8-11(15)10-6-4-3-5-7-10/h3-7,11H,8-9,15H2,1-2H3,(H2,16,19)(H,17,18). The van der Waals surface area contributed by atoms with E-state index in [0.717, 1.165) is 5.56 Å². The Bertz CT molecular complexity index is 443. The number of nitrogens with one attached hydrogen (secondary N) is 1. The number of amides is 2. The average molecular weight is 263 g/mol. The van der Waals surface area contributed by atoms with Crippen LogP contribution in [0.2, 0.25) is 0 Å². The number of carbonyl (C=O) groups excluding carboxylic acids is 2. The van der Waals surface area contributed by atoms with Gasteiger partial charge in [-0.1, -0.05) is 30.3 Å². The molecule has 2 amide bonds. The van der Waals surface area contributed by atoms with Crippen LogP contribution >= 0.6 is 0 Å². The Balaban J connectivity index is 2.45. The van der Waals surface area contributed by atoms with Gasteiger partial charge in [-0.3, -0.25) is 9.59 Å². The highest BCUT2D eigenvalue weighted by Gasteiger charge is 2.26. The molecule has 0 fully saturated rings. The van der Waals surface area contributed by atoms with Crippen LogP contribution in [0.5, 0.6) is 0 Å². The summed E-state index contributed by atoms with van der Waals surface area (Å²) in [6.45, 7) is 3.15. The van der Waals surface area contributed by atoms with E-state index >= 15 is 0 Å². The van der Waals surface area contributed by atoms with Crippen molar-refractivity contribution in [2.75, 3.05) is 0 Å². The quantitative estimate of drug-likeness (QED) is 0.709. The molecule has 19 heavy (non-hydrogen) atoms. The summed E-state index contributed by atoms with van der Waals surface area (Å²) < 4.78 is 0. The summed E-state index contributed by atoms with van der Waals surface area (Å²) in [5, 5.41) is 2.59. The fourth-order valence-corrected chi connectivity index (χ4v) is 1.63. The van der Waals surface area contributed by atoms with E-state index in [-0.39, 0.29) is 18.4 Å². The Kier molecular flexibility index (Phi) is 5.06. The number of primary amides is 1. The first-order chi connectivity index (χ1) is 8.83. The van der Waals surface area contributed by atoms with Crippen molar-refractivity contribution in [1.82, 2.24) is 5.32 Å². The molecule has 0 aliphatic carbocycles. The lowest BCUT2D eigenvalue weighted by molar-refractivity contribution is -0.130. The molecule has 5 nitrogen and oxygen atoms in total. The molecule has 0 aromatic heterocycles. The van der Waals surface area contributed by atoms with Gasteiger partial charge in [0, 0.05) is 12.5 Å². The van der Waals surface area contributed by atoms with Crippen LogP contribution in [0.25, 0.3) is 0 Å². The minimum atomic E-state index is -1.03. The smallest absolute Gasteiger partial charge is 0.242 e. The van der Waals surface area contributed by atoms with Crippen molar-refractivity contribution in [2.45, 2.75) is 38.3 Å². The second-order valence-electron chi connectivity index (χ2n) is 5.09. The maximum absolute atomic E-state index is 11.7. The fourth-order valence-electron chi connectivity index (χ4n) is 1.63. The number of hydrogen-bond acceptors (Lipinski definition) is 3. The molecule has 0 saturated heterocycles. The summed E-state index contributed by atoms with van der Waals surface area (Å²) in [5.41, 5.74) is 11.1. The van der Waals surface area contributed by atoms with Crippen LogP contribution < -0.4 is 16.8 Å². The lowest BCUT2D eigenvalue weighted by Gasteiger charge is -2.22. The molecule has 0 spiro atoms. The zero-order valence-corrected chi connectivity index (χ0v) is 11.3. The van der Waals surface area contributed by atoms with Crippen molar-refractivity contribution < 1.29 is 9.59 Å². The van der Waals surface area contributed by atoms with E-state index < -0.39 is 11.4 Å². The first-order valence-corrected chi connectivity index (χ1v) is 6.24. The van der Waals surface area contributed by atoms with Gasteiger partial charge in [-0.2, -0.15) is 0 Å². The van der Waals surface area contributed by atoms with Crippen molar-refractivity contribution in [3.63, 3.8) is 0 Å². The molecule has 5 N–H and O–H groups in total. The van der Waals surface area contributed by atoms with Crippen molar-refractivity contribution in [1.29, 1.82) is 0 Å². The summed E-state index contributed by atoms with van der Waals surface area (Å²) >= 11 is 0. The molecule has 0 bridgehead atoms. The van der Waals surface area contributed by atoms with Gasteiger partial charge in [0.25, 0.3) is 0 Å². The Morgan fingerprint density at radius 2 is 1.84 bits per heavy atom. The average Bonchev–Trinajstić information content (AvgIpc) is 2.36. The minimum Gasteiger partial charge on any atom is -0.368 e. The van der Waals surface area contributed by atoms with Gasteiger partial charge in [0.2, 0.25) is 11.8 Å². The molecular formula is C14H21N3O2. The van der Waals surface area contributed by atoms with Crippen LogP contribution in [0, 0.1) is 0 Å². The highest BCUT2D eigenvalue weighted by molar-refractivity contribution is 5.89. The topological polar surface area (TPSA) is 98.2 Å². The van der Waals surface area contributed by atoms with Crippen molar-refractivity contribution in [3.8, 4) is 0 Å². The lowest BCUT2D eigenvalue weighted by Crippen LogP contribution is -2.53. The van der Waals surface area contributed by atoms with Crippen LogP contribution in [0.4, 0.5) is 0 Å². The normalized spacial score (nSPS) is 12.8. The highest BCUT2D eigenvalue weighted by atomic mass is 16.2. The molecule has 1 rings (SSSR count). The third-order valence-electron chi connectivity index (χ3n) is 2.98. The van der Waals surface area contributed by atoms with Crippen LogP contribution in [0.15, 0.2) is 30.3 Å². The summed E-state index contributed by atoms with van der Waals surface area (Å²) in [4.78, 5) is 22.8. The molecule has 1 atom stereocenters. The molecule has 0 aliphatic heterocycles. The molecule has 1 aromatic carbocycles. The molecule has 0 radical (unpaired) electrons. The van der Waals surface area contributed by atoms with E-state index in [2.05, 4.69) is 5.32 Å². The van der Waals surface area contributed by atoms with Gasteiger partial charge in [-0.05, 0) is 25.8 Å². The zero-order valence-electron chi connectivity index (χ0n) is 11.3. The number of carbonyl (C=O) groups is 2. The number of rotatable bonds is 6. The molecule has 0 saturated carbocycles. The number of nitrogens with two attached hydrogens (primary N) is 2. The molecule has 1 unspecified atom stereocenters. The molecule has 1 aromatic rings. The van der Waals surface area contributed by atoms with E-state index in [1.54, 1.807) is 13.8 Å².